The number of halogens is 2. The summed E-state index contributed by atoms with van der Waals surface area (Å²) >= 11 is 6.63. The topological polar surface area (TPSA) is 133 Å². The normalized spacial score (nSPS) is 13.8. The number of pyridine rings is 1. The predicted octanol–water partition coefficient (Wildman–Crippen LogP) is 4.25. The Morgan fingerprint density at radius 1 is 1.17 bits per heavy atom. The molecule has 212 valence electrons. The van der Waals surface area contributed by atoms with Crippen LogP contribution < -0.4 is 16.7 Å². The Labute approximate surface area is 243 Å². The van der Waals surface area contributed by atoms with Gasteiger partial charge in [-0.2, -0.15) is 15.3 Å². The van der Waals surface area contributed by atoms with Crippen LogP contribution in [0.3, 0.4) is 0 Å². The average Bonchev–Trinajstić information content (AvgIpc) is 3.39. The number of aromatic nitrogens is 6. The van der Waals surface area contributed by atoms with E-state index in [1.54, 1.807) is 37.4 Å². The molecule has 0 aliphatic carbocycles. The first-order valence-electron chi connectivity index (χ1n) is 13.2. The maximum absolute atomic E-state index is 14.0. The van der Waals surface area contributed by atoms with Gasteiger partial charge in [0.15, 0.2) is 0 Å². The van der Waals surface area contributed by atoms with E-state index >= 15 is 0 Å². The third-order valence-corrected chi connectivity index (χ3v) is 7.42. The lowest BCUT2D eigenvalue weighted by Crippen LogP contribution is -2.41. The van der Waals surface area contributed by atoms with E-state index in [9.17, 15) is 19.2 Å². The fourth-order valence-electron chi connectivity index (χ4n) is 4.97. The Bertz CT molecular complexity index is 1990. The van der Waals surface area contributed by atoms with Crippen LogP contribution in [0.15, 0.2) is 64.6 Å². The summed E-state index contributed by atoms with van der Waals surface area (Å²) in [6.07, 6.45) is 6.62. The van der Waals surface area contributed by atoms with Crippen LogP contribution in [0.4, 0.5) is 16.0 Å². The highest BCUT2D eigenvalue weighted by atomic mass is 35.5. The quantitative estimate of drug-likeness (QED) is 0.312. The summed E-state index contributed by atoms with van der Waals surface area (Å²) < 4.78 is 23.5. The minimum Gasteiger partial charge on any atom is -0.381 e. The number of aryl methyl sites for hydroxylation is 1. The molecule has 42 heavy (non-hydrogen) atoms. The SMILES string of the molecule is Cc1cncc(-n2c(=O)nc(Nc3cc4cn(C5CCOCC5)nc4cc3Cl)n(Cc3ccc(F)c(C#N)c3)c2=O)c1. The van der Waals surface area contributed by atoms with Crippen molar-refractivity contribution in [3.63, 3.8) is 0 Å². The Balaban J connectivity index is 1.45. The van der Waals surface area contributed by atoms with Gasteiger partial charge < -0.3 is 10.1 Å². The maximum atomic E-state index is 14.0. The lowest BCUT2D eigenvalue weighted by molar-refractivity contribution is 0.0664. The zero-order valence-electron chi connectivity index (χ0n) is 22.4. The van der Waals surface area contributed by atoms with Gasteiger partial charge in [0.1, 0.15) is 11.9 Å². The number of nitriles is 1. The van der Waals surface area contributed by atoms with Crippen LogP contribution in [-0.4, -0.2) is 42.1 Å². The Kier molecular flexibility index (Phi) is 7.28. The van der Waals surface area contributed by atoms with Gasteiger partial charge in [-0.3, -0.25) is 14.2 Å². The van der Waals surface area contributed by atoms with Gasteiger partial charge in [0.2, 0.25) is 5.95 Å². The first kappa shape index (κ1) is 27.3. The van der Waals surface area contributed by atoms with Crippen LogP contribution in [0.25, 0.3) is 16.6 Å². The van der Waals surface area contributed by atoms with Gasteiger partial charge in [-0.1, -0.05) is 17.7 Å². The summed E-state index contributed by atoms with van der Waals surface area (Å²) in [7, 11) is 0. The first-order chi connectivity index (χ1) is 20.3. The standard InChI is InChI=1S/C29H24ClFN8O3/c1-17-8-22(14-33-13-17)39-28(40)35-27(37(29(39)41)15-18-2-3-24(31)19(9-18)12-32)34-26-10-20-16-38(21-4-6-42-7-5-21)36-25(20)11-23(26)30/h2-3,8-11,13-14,16,21H,4-7,15H2,1H3,(H,34,35,40). The zero-order valence-corrected chi connectivity index (χ0v) is 23.2. The molecule has 1 aliphatic rings. The van der Waals surface area contributed by atoms with E-state index in [-0.39, 0.29) is 29.8 Å². The van der Waals surface area contributed by atoms with Gasteiger partial charge in [0, 0.05) is 31.0 Å². The highest BCUT2D eigenvalue weighted by Gasteiger charge is 2.20. The number of anilines is 2. The maximum Gasteiger partial charge on any atom is 0.359 e. The molecule has 2 aromatic carbocycles. The summed E-state index contributed by atoms with van der Waals surface area (Å²) in [6, 6.07) is 11.1. The largest absolute Gasteiger partial charge is 0.381 e. The van der Waals surface area contributed by atoms with Gasteiger partial charge in [0.25, 0.3) is 0 Å². The number of hydrogen-bond donors (Lipinski definition) is 1. The van der Waals surface area contributed by atoms with Crippen LogP contribution in [0.5, 0.6) is 0 Å². The molecule has 1 aliphatic heterocycles. The van der Waals surface area contributed by atoms with E-state index in [2.05, 4.69) is 20.4 Å². The van der Waals surface area contributed by atoms with E-state index in [1.165, 1.54) is 22.9 Å². The molecule has 3 aromatic heterocycles. The van der Waals surface area contributed by atoms with Crippen molar-refractivity contribution in [3.05, 3.63) is 103 Å². The number of benzene rings is 2. The van der Waals surface area contributed by atoms with Gasteiger partial charge in [-0.15, -0.1) is 0 Å². The predicted molar refractivity (Wildman–Crippen MR) is 154 cm³/mol. The van der Waals surface area contributed by atoms with E-state index in [0.717, 1.165) is 34.4 Å². The smallest absolute Gasteiger partial charge is 0.359 e. The van der Waals surface area contributed by atoms with Crippen molar-refractivity contribution in [2.75, 3.05) is 18.5 Å². The molecule has 0 amide bonds. The summed E-state index contributed by atoms with van der Waals surface area (Å²) in [5, 5.41) is 18.2. The molecule has 5 aromatic rings. The van der Waals surface area contributed by atoms with E-state index < -0.39 is 17.2 Å². The molecule has 13 heteroatoms. The van der Waals surface area contributed by atoms with Crippen LogP contribution in [0.2, 0.25) is 5.02 Å². The molecule has 0 bridgehead atoms. The van der Waals surface area contributed by atoms with Crippen LogP contribution in [0.1, 0.15) is 35.6 Å². The second-order valence-electron chi connectivity index (χ2n) is 10.0. The first-order valence-corrected chi connectivity index (χ1v) is 13.6. The molecule has 0 radical (unpaired) electrons. The molecule has 6 rings (SSSR count). The molecule has 0 unspecified atom stereocenters. The molecule has 0 atom stereocenters. The van der Waals surface area contributed by atoms with Crippen molar-refractivity contribution < 1.29 is 9.13 Å². The Morgan fingerprint density at radius 3 is 2.74 bits per heavy atom. The fourth-order valence-corrected chi connectivity index (χ4v) is 5.18. The molecule has 0 spiro atoms. The van der Waals surface area contributed by atoms with Crippen molar-refractivity contribution in [1.82, 2.24) is 28.9 Å². The number of ether oxygens (including phenoxy) is 1. The van der Waals surface area contributed by atoms with Crippen molar-refractivity contribution in [2.45, 2.75) is 32.4 Å². The Morgan fingerprint density at radius 2 is 1.98 bits per heavy atom. The van der Waals surface area contributed by atoms with E-state index in [0.29, 0.717) is 35.0 Å². The van der Waals surface area contributed by atoms with E-state index in [4.69, 9.17) is 16.3 Å². The molecule has 0 saturated carbocycles. The van der Waals surface area contributed by atoms with Crippen LogP contribution >= 0.6 is 11.6 Å². The fraction of sp³-hybridized carbons (Fsp3) is 0.241. The molecule has 4 heterocycles. The highest BCUT2D eigenvalue weighted by Crippen LogP contribution is 2.31. The summed E-state index contributed by atoms with van der Waals surface area (Å²) in [5.74, 6) is -0.759. The molecule has 1 saturated heterocycles. The van der Waals surface area contributed by atoms with Crippen molar-refractivity contribution in [2.24, 2.45) is 0 Å². The third kappa shape index (κ3) is 5.27. The van der Waals surface area contributed by atoms with Crippen LogP contribution in [0, 0.1) is 24.1 Å². The summed E-state index contributed by atoms with van der Waals surface area (Å²) in [6.45, 7) is 3.01. The second-order valence-corrected chi connectivity index (χ2v) is 10.4. The van der Waals surface area contributed by atoms with E-state index in [1.807, 2.05) is 10.9 Å². The number of rotatable bonds is 6. The molecule has 1 fully saturated rings. The Hall–Kier alpha value is -4.86. The van der Waals surface area contributed by atoms with Crippen LogP contribution in [-0.2, 0) is 11.3 Å². The monoisotopic (exact) mass is 586 g/mol. The number of nitrogens with one attached hydrogen (secondary N) is 1. The van der Waals surface area contributed by atoms with Gasteiger partial charge in [0.05, 0.1) is 46.3 Å². The molecule has 11 nitrogen and oxygen atoms in total. The van der Waals surface area contributed by atoms with Crippen molar-refractivity contribution >= 4 is 34.1 Å². The van der Waals surface area contributed by atoms with Crippen molar-refractivity contribution in [3.8, 4) is 11.8 Å². The molecule has 1 N–H and O–H groups in total. The lowest BCUT2D eigenvalue weighted by atomic mass is 10.1. The summed E-state index contributed by atoms with van der Waals surface area (Å²) in [5.41, 5.74) is 0.828. The number of fused-ring (bicyclic) bond motifs is 1. The zero-order chi connectivity index (χ0) is 29.4. The van der Waals surface area contributed by atoms with Gasteiger partial charge in [-0.25, -0.2) is 18.5 Å². The minimum absolute atomic E-state index is 0.0808. The average molecular weight is 587 g/mol. The number of nitrogens with zero attached hydrogens (tertiary/aromatic N) is 7. The molecular weight excluding hydrogens is 563 g/mol. The minimum atomic E-state index is -0.826. The summed E-state index contributed by atoms with van der Waals surface area (Å²) in [4.78, 5) is 35.3. The second kappa shape index (κ2) is 11.2. The molecular formula is C29H24ClFN8O3. The lowest BCUT2D eigenvalue weighted by Gasteiger charge is -2.22. The highest BCUT2D eigenvalue weighted by molar-refractivity contribution is 6.34. The van der Waals surface area contributed by atoms with Gasteiger partial charge >= 0.3 is 11.4 Å². The third-order valence-electron chi connectivity index (χ3n) is 7.10. The van der Waals surface area contributed by atoms with Crippen molar-refractivity contribution in [1.29, 1.82) is 5.26 Å². The number of hydrogen-bond acceptors (Lipinski definition) is 8. The van der Waals surface area contributed by atoms with Gasteiger partial charge in [-0.05, 0) is 61.2 Å².